The highest BCUT2D eigenvalue weighted by Gasteiger charge is 2.24. The average Bonchev–Trinajstić information content (AvgIpc) is 2.71. The van der Waals surface area contributed by atoms with E-state index in [1.807, 2.05) is 12.1 Å². The molecule has 1 fully saturated rings. The van der Waals surface area contributed by atoms with Crippen molar-refractivity contribution in [3.8, 4) is 5.75 Å². The molecule has 0 spiro atoms. The monoisotopic (exact) mass is 384 g/mol. The number of rotatable bonds is 5. The predicted octanol–water partition coefficient (Wildman–Crippen LogP) is 5.03. The Bertz CT molecular complexity index is 771. The van der Waals surface area contributed by atoms with Crippen LogP contribution in [0.25, 0.3) is 0 Å². The molecule has 2 aromatic rings. The standard InChI is InChI=1S/C23H29ClN2O/c1-27-21-8-9-22(24)19(15-21)14-17-10-12-26(13-11-17)16-20-7-6-18-4-2-3-5-23(18)25-20/h2-5,8-9,15,17,20,25H,6-7,10-14,16H2,1H3. The Morgan fingerprint density at radius 3 is 2.74 bits per heavy atom. The number of benzene rings is 2. The minimum atomic E-state index is 0.573. The van der Waals surface area contributed by atoms with Crippen LogP contribution in [0.2, 0.25) is 5.02 Å². The largest absolute Gasteiger partial charge is 0.497 e. The Morgan fingerprint density at radius 1 is 1.11 bits per heavy atom. The van der Waals surface area contributed by atoms with E-state index >= 15 is 0 Å². The number of likely N-dealkylation sites (tertiary alicyclic amines) is 1. The molecule has 1 atom stereocenters. The minimum Gasteiger partial charge on any atom is -0.497 e. The molecule has 0 bridgehead atoms. The third-order valence-corrected chi connectivity index (χ3v) is 6.46. The van der Waals surface area contributed by atoms with Crippen LogP contribution in [0.4, 0.5) is 5.69 Å². The topological polar surface area (TPSA) is 24.5 Å². The number of halogens is 1. The summed E-state index contributed by atoms with van der Waals surface area (Å²) in [5.74, 6) is 1.61. The molecule has 2 aliphatic rings. The summed E-state index contributed by atoms with van der Waals surface area (Å²) in [6.07, 6.45) is 5.97. The van der Waals surface area contributed by atoms with Gasteiger partial charge in [-0.05, 0) is 86.5 Å². The fourth-order valence-corrected chi connectivity index (χ4v) is 4.66. The van der Waals surface area contributed by atoms with Crippen molar-refractivity contribution in [1.82, 2.24) is 4.90 Å². The van der Waals surface area contributed by atoms with E-state index in [1.54, 1.807) is 7.11 Å². The molecule has 0 amide bonds. The Balaban J connectivity index is 1.27. The molecule has 4 heteroatoms. The van der Waals surface area contributed by atoms with Gasteiger partial charge in [-0.2, -0.15) is 0 Å². The third kappa shape index (κ3) is 4.59. The Labute approximate surface area is 167 Å². The number of hydrogen-bond acceptors (Lipinski definition) is 3. The molecule has 1 unspecified atom stereocenters. The average molecular weight is 385 g/mol. The van der Waals surface area contributed by atoms with Crippen molar-refractivity contribution in [2.45, 2.75) is 38.1 Å². The molecule has 27 heavy (non-hydrogen) atoms. The second-order valence-electron chi connectivity index (χ2n) is 7.94. The van der Waals surface area contributed by atoms with E-state index in [9.17, 15) is 0 Å². The highest BCUT2D eigenvalue weighted by molar-refractivity contribution is 6.31. The lowest BCUT2D eigenvalue weighted by Crippen LogP contribution is -2.43. The Kier molecular flexibility index (Phi) is 5.89. The molecule has 0 aliphatic carbocycles. The van der Waals surface area contributed by atoms with Crippen molar-refractivity contribution in [2.24, 2.45) is 5.92 Å². The van der Waals surface area contributed by atoms with E-state index in [1.165, 1.54) is 55.6 Å². The van der Waals surface area contributed by atoms with Gasteiger partial charge >= 0.3 is 0 Å². The first-order valence-electron chi connectivity index (χ1n) is 10.1. The highest BCUT2D eigenvalue weighted by atomic mass is 35.5. The number of anilines is 1. The summed E-state index contributed by atoms with van der Waals surface area (Å²) < 4.78 is 5.35. The smallest absolute Gasteiger partial charge is 0.119 e. The fraction of sp³-hybridized carbons (Fsp3) is 0.478. The number of aryl methyl sites for hydroxylation is 1. The van der Waals surface area contributed by atoms with Gasteiger partial charge in [-0.3, -0.25) is 0 Å². The summed E-state index contributed by atoms with van der Waals surface area (Å²) in [6, 6.07) is 15.3. The maximum Gasteiger partial charge on any atom is 0.119 e. The van der Waals surface area contributed by atoms with Crippen molar-refractivity contribution in [3.63, 3.8) is 0 Å². The molecule has 2 aromatic carbocycles. The molecule has 4 rings (SSSR count). The van der Waals surface area contributed by atoms with E-state index < -0.39 is 0 Å². The van der Waals surface area contributed by atoms with Crippen molar-refractivity contribution in [3.05, 3.63) is 58.6 Å². The number of fused-ring (bicyclic) bond motifs is 1. The summed E-state index contributed by atoms with van der Waals surface area (Å²) in [5.41, 5.74) is 4.01. The first kappa shape index (κ1) is 18.6. The van der Waals surface area contributed by atoms with Crippen molar-refractivity contribution >= 4 is 17.3 Å². The molecule has 2 aliphatic heterocycles. The van der Waals surface area contributed by atoms with Gasteiger partial charge in [-0.25, -0.2) is 0 Å². The number of methoxy groups -OCH3 is 1. The molecule has 144 valence electrons. The van der Waals surface area contributed by atoms with Crippen molar-refractivity contribution in [1.29, 1.82) is 0 Å². The number of hydrogen-bond donors (Lipinski definition) is 1. The lowest BCUT2D eigenvalue weighted by Gasteiger charge is -2.36. The molecule has 0 aromatic heterocycles. The maximum atomic E-state index is 6.40. The zero-order valence-electron chi connectivity index (χ0n) is 16.1. The van der Waals surface area contributed by atoms with Gasteiger partial charge in [0.1, 0.15) is 5.75 Å². The van der Waals surface area contributed by atoms with E-state index in [0.29, 0.717) is 12.0 Å². The van der Waals surface area contributed by atoms with Gasteiger partial charge in [0.05, 0.1) is 7.11 Å². The number of piperidine rings is 1. The molecule has 1 N–H and O–H groups in total. The van der Waals surface area contributed by atoms with Crippen LogP contribution in [0.1, 0.15) is 30.4 Å². The van der Waals surface area contributed by atoms with Gasteiger partial charge in [0, 0.05) is 23.3 Å². The maximum absolute atomic E-state index is 6.40. The summed E-state index contributed by atoms with van der Waals surface area (Å²) in [6.45, 7) is 3.53. The lowest BCUT2D eigenvalue weighted by molar-refractivity contribution is 0.175. The number of para-hydroxylation sites is 1. The minimum absolute atomic E-state index is 0.573. The van der Waals surface area contributed by atoms with Crippen molar-refractivity contribution < 1.29 is 4.74 Å². The normalized spacial score (nSPS) is 20.7. The highest BCUT2D eigenvalue weighted by Crippen LogP contribution is 2.29. The SMILES string of the molecule is COc1ccc(Cl)c(CC2CCN(CC3CCc4ccccc4N3)CC2)c1. The first-order chi connectivity index (χ1) is 13.2. The molecule has 0 saturated carbocycles. The van der Waals surface area contributed by atoms with E-state index in [4.69, 9.17) is 16.3 Å². The van der Waals surface area contributed by atoms with Gasteiger partial charge in [-0.15, -0.1) is 0 Å². The first-order valence-corrected chi connectivity index (χ1v) is 10.5. The fourth-order valence-electron chi connectivity index (χ4n) is 4.47. The molecule has 1 saturated heterocycles. The summed E-state index contributed by atoms with van der Waals surface area (Å²) in [7, 11) is 1.71. The second-order valence-corrected chi connectivity index (χ2v) is 8.35. The van der Waals surface area contributed by atoms with Gasteiger partial charge in [0.15, 0.2) is 0 Å². The lowest BCUT2D eigenvalue weighted by atomic mass is 9.89. The van der Waals surface area contributed by atoms with Gasteiger partial charge < -0.3 is 15.0 Å². The van der Waals surface area contributed by atoms with Crippen LogP contribution in [0, 0.1) is 5.92 Å². The van der Waals surface area contributed by atoms with Crippen LogP contribution in [0.3, 0.4) is 0 Å². The Morgan fingerprint density at radius 2 is 1.93 bits per heavy atom. The zero-order chi connectivity index (χ0) is 18.6. The number of ether oxygens (including phenoxy) is 1. The van der Waals surface area contributed by atoms with Crippen molar-refractivity contribution in [2.75, 3.05) is 32.1 Å². The quantitative estimate of drug-likeness (QED) is 0.782. The molecular weight excluding hydrogens is 356 g/mol. The molecule has 3 nitrogen and oxygen atoms in total. The molecular formula is C23H29ClN2O. The van der Waals surface area contributed by atoms with Crippen LogP contribution in [0.5, 0.6) is 5.75 Å². The van der Waals surface area contributed by atoms with Crippen LogP contribution >= 0.6 is 11.6 Å². The van der Waals surface area contributed by atoms with E-state index in [0.717, 1.165) is 23.7 Å². The second kappa shape index (κ2) is 8.53. The molecule has 2 heterocycles. The Hall–Kier alpha value is -1.71. The van der Waals surface area contributed by atoms with E-state index in [-0.39, 0.29) is 0 Å². The number of nitrogens with one attached hydrogen (secondary N) is 1. The predicted molar refractivity (Wildman–Crippen MR) is 113 cm³/mol. The zero-order valence-corrected chi connectivity index (χ0v) is 16.8. The summed E-state index contributed by atoms with van der Waals surface area (Å²) >= 11 is 6.40. The van der Waals surface area contributed by atoms with Gasteiger partial charge in [0.25, 0.3) is 0 Å². The number of nitrogens with zero attached hydrogens (tertiary/aromatic N) is 1. The van der Waals surface area contributed by atoms with Crippen LogP contribution in [-0.4, -0.2) is 37.7 Å². The van der Waals surface area contributed by atoms with E-state index in [2.05, 4.69) is 40.5 Å². The van der Waals surface area contributed by atoms with Gasteiger partial charge in [0.2, 0.25) is 0 Å². The summed E-state index contributed by atoms with van der Waals surface area (Å²) in [5, 5.41) is 4.61. The van der Waals surface area contributed by atoms with Crippen LogP contribution in [0.15, 0.2) is 42.5 Å². The van der Waals surface area contributed by atoms with Gasteiger partial charge in [-0.1, -0.05) is 29.8 Å². The third-order valence-electron chi connectivity index (χ3n) is 6.09. The van der Waals surface area contributed by atoms with Crippen LogP contribution in [-0.2, 0) is 12.8 Å². The summed E-state index contributed by atoms with van der Waals surface area (Å²) in [4.78, 5) is 2.63. The molecule has 0 radical (unpaired) electrons. The van der Waals surface area contributed by atoms with Crippen LogP contribution < -0.4 is 10.1 Å².